The summed E-state index contributed by atoms with van der Waals surface area (Å²) in [4.78, 5) is 21.6. The Kier molecular flexibility index (Phi) is 7.93. The minimum absolute atomic E-state index is 0.159. The van der Waals surface area contributed by atoms with Gasteiger partial charge in [-0.1, -0.05) is 31.0 Å². The van der Waals surface area contributed by atoms with Gasteiger partial charge >= 0.3 is 6.03 Å². The summed E-state index contributed by atoms with van der Waals surface area (Å²) in [6, 6.07) is 12.5. The van der Waals surface area contributed by atoms with Crippen LogP contribution in [0.1, 0.15) is 36.8 Å². The third-order valence-electron chi connectivity index (χ3n) is 5.96. The van der Waals surface area contributed by atoms with Gasteiger partial charge in [0.1, 0.15) is 5.82 Å². The first-order chi connectivity index (χ1) is 15.3. The molecule has 7 heteroatoms. The third-order valence-corrected chi connectivity index (χ3v) is 6.90. The van der Waals surface area contributed by atoms with Crippen LogP contribution in [-0.2, 0) is 13.1 Å². The highest BCUT2D eigenvalue weighted by atomic mass is 32.2. The lowest BCUT2D eigenvalue weighted by atomic mass is 10.2. The molecule has 0 bridgehead atoms. The topological polar surface area (TPSA) is 60.5 Å². The number of carbonyl (C=O) groups is 1. The number of benzene rings is 1. The summed E-state index contributed by atoms with van der Waals surface area (Å²) in [7, 11) is 0. The molecule has 2 aromatic rings. The Hall–Kier alpha value is -2.41. The molecule has 31 heavy (non-hydrogen) atoms. The standard InChI is InChI=1S/C24H33N5OS/c30-24(26-17-20-5-8-22(9-6-20)28-13-15-31-16-14-28)27-19-21-7-10-23(25-18-21)29-11-3-1-2-4-12-29/h5-10,18H,1-4,11-17,19H2,(H2,26,27,30). The van der Waals surface area contributed by atoms with Crippen molar-refractivity contribution in [3.63, 3.8) is 0 Å². The fourth-order valence-corrected chi connectivity index (χ4v) is 4.98. The summed E-state index contributed by atoms with van der Waals surface area (Å²) in [5, 5.41) is 5.87. The second kappa shape index (κ2) is 11.3. The number of nitrogens with one attached hydrogen (secondary N) is 2. The van der Waals surface area contributed by atoms with Crippen molar-refractivity contribution in [2.45, 2.75) is 38.8 Å². The number of aromatic nitrogens is 1. The maximum absolute atomic E-state index is 12.2. The highest BCUT2D eigenvalue weighted by molar-refractivity contribution is 7.99. The predicted octanol–water partition coefficient (Wildman–Crippen LogP) is 4.01. The molecule has 1 aromatic carbocycles. The van der Waals surface area contributed by atoms with Crippen LogP contribution < -0.4 is 20.4 Å². The molecule has 0 radical (unpaired) electrons. The van der Waals surface area contributed by atoms with Gasteiger partial charge in [0.25, 0.3) is 0 Å². The van der Waals surface area contributed by atoms with Gasteiger partial charge in [-0.05, 0) is 42.2 Å². The molecule has 0 spiro atoms. The van der Waals surface area contributed by atoms with Crippen LogP contribution in [0.15, 0.2) is 42.6 Å². The van der Waals surface area contributed by atoms with Gasteiger partial charge in [0, 0.05) is 62.7 Å². The summed E-state index contributed by atoms with van der Waals surface area (Å²) in [5.41, 5.74) is 3.39. The van der Waals surface area contributed by atoms with Crippen LogP contribution in [0.4, 0.5) is 16.3 Å². The Morgan fingerprint density at radius 3 is 2.10 bits per heavy atom. The van der Waals surface area contributed by atoms with Crippen LogP contribution in [0.3, 0.4) is 0 Å². The molecule has 0 aliphatic carbocycles. The molecule has 2 aliphatic rings. The van der Waals surface area contributed by atoms with Gasteiger partial charge in [0.05, 0.1) is 0 Å². The maximum Gasteiger partial charge on any atom is 0.315 e. The number of nitrogens with zero attached hydrogens (tertiary/aromatic N) is 3. The van der Waals surface area contributed by atoms with E-state index in [4.69, 9.17) is 0 Å². The molecule has 2 aliphatic heterocycles. The van der Waals surface area contributed by atoms with Crippen molar-refractivity contribution in [1.29, 1.82) is 0 Å². The summed E-state index contributed by atoms with van der Waals surface area (Å²) in [6.07, 6.45) is 6.99. The van der Waals surface area contributed by atoms with E-state index < -0.39 is 0 Å². The molecule has 0 atom stereocenters. The van der Waals surface area contributed by atoms with Crippen LogP contribution in [0.25, 0.3) is 0 Å². The molecule has 2 N–H and O–H groups in total. The van der Waals surface area contributed by atoms with Crippen LogP contribution in [0.2, 0.25) is 0 Å². The zero-order chi connectivity index (χ0) is 21.3. The van der Waals surface area contributed by atoms with E-state index in [2.05, 4.69) is 61.8 Å². The maximum atomic E-state index is 12.2. The fourth-order valence-electron chi connectivity index (χ4n) is 4.08. The van der Waals surface area contributed by atoms with Gasteiger partial charge < -0.3 is 20.4 Å². The average Bonchev–Trinajstić information content (AvgIpc) is 3.12. The van der Waals surface area contributed by atoms with Crippen LogP contribution in [0, 0.1) is 0 Å². The van der Waals surface area contributed by atoms with Crippen molar-refractivity contribution in [3.8, 4) is 0 Å². The van der Waals surface area contributed by atoms with Crippen molar-refractivity contribution < 1.29 is 4.79 Å². The van der Waals surface area contributed by atoms with Crippen LogP contribution in [0.5, 0.6) is 0 Å². The third kappa shape index (κ3) is 6.53. The summed E-state index contributed by atoms with van der Waals surface area (Å²) < 4.78 is 0. The Balaban J connectivity index is 1.19. The van der Waals surface area contributed by atoms with E-state index in [1.54, 1.807) is 0 Å². The molecule has 3 heterocycles. The Morgan fingerprint density at radius 2 is 1.45 bits per heavy atom. The highest BCUT2D eigenvalue weighted by Crippen LogP contribution is 2.20. The van der Waals surface area contributed by atoms with E-state index in [-0.39, 0.29) is 6.03 Å². The number of anilines is 2. The second-order valence-corrected chi connectivity index (χ2v) is 9.45. The van der Waals surface area contributed by atoms with Gasteiger partial charge in [-0.3, -0.25) is 0 Å². The Labute approximate surface area is 189 Å². The van der Waals surface area contributed by atoms with E-state index in [1.807, 2.05) is 18.0 Å². The van der Waals surface area contributed by atoms with Crippen molar-refractivity contribution in [1.82, 2.24) is 15.6 Å². The van der Waals surface area contributed by atoms with Gasteiger partial charge in [0.2, 0.25) is 0 Å². The molecule has 2 amide bonds. The van der Waals surface area contributed by atoms with E-state index in [0.717, 1.165) is 43.1 Å². The first kappa shape index (κ1) is 21.8. The highest BCUT2D eigenvalue weighted by Gasteiger charge is 2.12. The Bertz CT molecular complexity index is 813. The molecule has 2 fully saturated rings. The van der Waals surface area contributed by atoms with Crippen molar-refractivity contribution in [3.05, 3.63) is 53.7 Å². The minimum Gasteiger partial charge on any atom is -0.370 e. The fraction of sp³-hybridized carbons (Fsp3) is 0.500. The second-order valence-electron chi connectivity index (χ2n) is 8.23. The summed E-state index contributed by atoms with van der Waals surface area (Å²) in [6.45, 7) is 5.40. The quantitative estimate of drug-likeness (QED) is 0.712. The number of thioether (sulfide) groups is 1. The van der Waals surface area contributed by atoms with Crippen LogP contribution in [-0.4, -0.2) is 48.7 Å². The SMILES string of the molecule is O=C(NCc1ccc(N2CCSCC2)cc1)NCc1ccc(N2CCCCCC2)nc1. The zero-order valence-corrected chi connectivity index (χ0v) is 19.0. The summed E-state index contributed by atoms with van der Waals surface area (Å²) >= 11 is 2.02. The summed E-state index contributed by atoms with van der Waals surface area (Å²) in [5.74, 6) is 3.43. The average molecular weight is 440 g/mol. The molecule has 1 aromatic heterocycles. The lowest BCUT2D eigenvalue weighted by Gasteiger charge is -2.28. The molecule has 4 rings (SSSR count). The predicted molar refractivity (Wildman–Crippen MR) is 130 cm³/mol. The first-order valence-corrected chi connectivity index (χ1v) is 12.6. The zero-order valence-electron chi connectivity index (χ0n) is 18.2. The monoisotopic (exact) mass is 439 g/mol. The number of hydrogen-bond acceptors (Lipinski definition) is 5. The van der Waals surface area contributed by atoms with E-state index in [1.165, 1.54) is 42.9 Å². The number of amides is 2. The first-order valence-electron chi connectivity index (χ1n) is 11.4. The van der Waals surface area contributed by atoms with E-state index in [9.17, 15) is 4.79 Å². The molecule has 166 valence electrons. The largest absolute Gasteiger partial charge is 0.370 e. The van der Waals surface area contributed by atoms with Gasteiger partial charge in [-0.25, -0.2) is 9.78 Å². The van der Waals surface area contributed by atoms with Crippen molar-refractivity contribution in [2.24, 2.45) is 0 Å². The number of rotatable bonds is 6. The molecule has 0 saturated carbocycles. The van der Waals surface area contributed by atoms with Crippen molar-refractivity contribution >= 4 is 29.3 Å². The molecular formula is C24H33N5OS. The number of hydrogen-bond donors (Lipinski definition) is 2. The van der Waals surface area contributed by atoms with Gasteiger partial charge in [-0.2, -0.15) is 11.8 Å². The molecule has 6 nitrogen and oxygen atoms in total. The van der Waals surface area contributed by atoms with Gasteiger partial charge in [0.15, 0.2) is 0 Å². The van der Waals surface area contributed by atoms with E-state index >= 15 is 0 Å². The normalized spacial score (nSPS) is 17.2. The van der Waals surface area contributed by atoms with Crippen LogP contribution >= 0.6 is 11.8 Å². The molecule has 2 saturated heterocycles. The van der Waals surface area contributed by atoms with E-state index in [0.29, 0.717) is 13.1 Å². The Morgan fingerprint density at radius 1 is 0.806 bits per heavy atom. The number of carbonyl (C=O) groups excluding carboxylic acids is 1. The minimum atomic E-state index is -0.159. The lowest BCUT2D eigenvalue weighted by molar-refractivity contribution is 0.240. The van der Waals surface area contributed by atoms with Gasteiger partial charge in [-0.15, -0.1) is 0 Å². The lowest BCUT2D eigenvalue weighted by Crippen LogP contribution is -2.34. The molecular weight excluding hydrogens is 406 g/mol. The molecule has 0 unspecified atom stereocenters. The number of pyridine rings is 1. The smallest absolute Gasteiger partial charge is 0.315 e. The van der Waals surface area contributed by atoms with Crippen molar-refractivity contribution in [2.75, 3.05) is 47.5 Å². The number of urea groups is 1.